The van der Waals surface area contributed by atoms with E-state index in [1.54, 1.807) is 0 Å². The molecule has 0 spiro atoms. The van der Waals surface area contributed by atoms with E-state index in [0.717, 1.165) is 17.7 Å². The number of benzene rings is 1. The Labute approximate surface area is 145 Å². The first kappa shape index (κ1) is 16.3. The van der Waals surface area contributed by atoms with Crippen LogP contribution in [0.1, 0.15) is 39.8 Å². The van der Waals surface area contributed by atoms with E-state index in [-0.39, 0.29) is 16.5 Å². The number of aromatic nitrogens is 4. The van der Waals surface area contributed by atoms with Gasteiger partial charge in [-0.05, 0) is 25.0 Å². The summed E-state index contributed by atoms with van der Waals surface area (Å²) >= 11 is 5.99. The van der Waals surface area contributed by atoms with Crippen LogP contribution in [0.5, 0.6) is 0 Å². The summed E-state index contributed by atoms with van der Waals surface area (Å²) in [5.41, 5.74) is 3.96. The number of nitrogens with zero attached hydrogens (tertiary/aromatic N) is 4. The molecule has 0 atom stereocenters. The van der Waals surface area contributed by atoms with Gasteiger partial charge in [-0.2, -0.15) is 5.10 Å². The van der Waals surface area contributed by atoms with E-state index in [9.17, 15) is 4.79 Å². The van der Waals surface area contributed by atoms with Crippen LogP contribution in [0.2, 0.25) is 5.15 Å². The normalized spacial score (nSPS) is 10.8. The molecule has 0 aliphatic carbocycles. The first-order chi connectivity index (χ1) is 11.6. The number of rotatable bonds is 5. The van der Waals surface area contributed by atoms with Gasteiger partial charge in [0.05, 0.1) is 12.1 Å². The van der Waals surface area contributed by atoms with Crippen LogP contribution in [0.25, 0.3) is 0 Å². The van der Waals surface area contributed by atoms with Gasteiger partial charge >= 0.3 is 0 Å². The fourth-order valence-electron chi connectivity index (χ4n) is 2.58. The highest BCUT2D eigenvalue weighted by Crippen LogP contribution is 2.17. The van der Waals surface area contributed by atoms with Crippen LogP contribution in [0.4, 0.5) is 0 Å². The highest BCUT2D eigenvalue weighted by molar-refractivity contribution is 6.33. The lowest BCUT2D eigenvalue weighted by Gasteiger charge is -2.06. The van der Waals surface area contributed by atoms with Crippen molar-refractivity contribution in [3.05, 3.63) is 76.1 Å². The summed E-state index contributed by atoms with van der Waals surface area (Å²) < 4.78 is 1.86. The molecule has 0 amide bonds. The number of hydrogen-bond acceptors (Lipinski definition) is 4. The Morgan fingerprint density at radius 1 is 1.29 bits per heavy atom. The van der Waals surface area contributed by atoms with E-state index in [0.29, 0.717) is 12.2 Å². The van der Waals surface area contributed by atoms with Crippen LogP contribution in [-0.4, -0.2) is 25.5 Å². The lowest BCUT2D eigenvalue weighted by atomic mass is 10.1. The molecule has 0 aliphatic rings. The van der Waals surface area contributed by atoms with Crippen molar-refractivity contribution in [3.8, 4) is 0 Å². The minimum atomic E-state index is -0.265. The van der Waals surface area contributed by atoms with Crippen LogP contribution >= 0.6 is 11.6 Å². The summed E-state index contributed by atoms with van der Waals surface area (Å²) in [4.78, 5) is 20.3. The van der Waals surface area contributed by atoms with Gasteiger partial charge < -0.3 is 0 Å². The predicted molar refractivity (Wildman–Crippen MR) is 92.4 cm³/mol. The van der Waals surface area contributed by atoms with E-state index < -0.39 is 0 Å². The molecular formula is C18H17ClN4O. The van der Waals surface area contributed by atoms with Crippen molar-refractivity contribution in [3.63, 3.8) is 0 Å². The van der Waals surface area contributed by atoms with Gasteiger partial charge in [0.15, 0.2) is 0 Å². The number of ketones is 1. The highest BCUT2D eigenvalue weighted by Gasteiger charge is 2.19. The van der Waals surface area contributed by atoms with Crippen molar-refractivity contribution in [2.24, 2.45) is 0 Å². The Bertz CT molecular complexity index is 888. The van der Waals surface area contributed by atoms with Crippen LogP contribution in [0.3, 0.4) is 0 Å². The number of hydrogen-bond donors (Lipinski definition) is 0. The van der Waals surface area contributed by atoms with Gasteiger partial charge in [0.25, 0.3) is 0 Å². The number of aryl methyl sites for hydroxylation is 2. The van der Waals surface area contributed by atoms with Crippen molar-refractivity contribution in [1.82, 2.24) is 19.7 Å². The lowest BCUT2D eigenvalue weighted by Crippen LogP contribution is -2.08. The SMILES string of the molecule is CCc1cc(C(=O)c2cncnc2Cl)nn1Cc1cccc(C)c1. The van der Waals surface area contributed by atoms with E-state index in [1.807, 2.05) is 23.7 Å². The summed E-state index contributed by atoms with van der Waals surface area (Å²) in [7, 11) is 0. The van der Waals surface area contributed by atoms with Crippen molar-refractivity contribution in [1.29, 1.82) is 0 Å². The van der Waals surface area contributed by atoms with Crippen molar-refractivity contribution < 1.29 is 4.79 Å². The molecule has 3 aromatic rings. The molecule has 3 rings (SSSR count). The molecule has 5 nitrogen and oxygen atoms in total. The molecule has 0 radical (unpaired) electrons. The fourth-order valence-corrected chi connectivity index (χ4v) is 2.75. The monoisotopic (exact) mass is 340 g/mol. The zero-order valence-corrected chi connectivity index (χ0v) is 14.3. The van der Waals surface area contributed by atoms with Crippen LogP contribution < -0.4 is 0 Å². The van der Waals surface area contributed by atoms with E-state index in [1.165, 1.54) is 18.1 Å². The molecular weight excluding hydrogens is 324 g/mol. The zero-order chi connectivity index (χ0) is 17.1. The largest absolute Gasteiger partial charge is 0.287 e. The van der Waals surface area contributed by atoms with Crippen molar-refractivity contribution in [2.45, 2.75) is 26.8 Å². The summed E-state index contributed by atoms with van der Waals surface area (Å²) in [5.74, 6) is -0.265. The van der Waals surface area contributed by atoms with Gasteiger partial charge in [-0.25, -0.2) is 9.97 Å². The summed E-state index contributed by atoms with van der Waals surface area (Å²) in [6.45, 7) is 4.72. The maximum Gasteiger partial charge on any atom is 0.217 e. The van der Waals surface area contributed by atoms with Gasteiger partial charge in [0.2, 0.25) is 5.78 Å². The van der Waals surface area contributed by atoms with Gasteiger partial charge in [-0.15, -0.1) is 0 Å². The zero-order valence-electron chi connectivity index (χ0n) is 13.5. The summed E-state index contributed by atoms with van der Waals surface area (Å²) in [5, 5.41) is 4.62. The number of carbonyl (C=O) groups excluding carboxylic acids is 1. The van der Waals surface area contributed by atoms with Crippen LogP contribution in [-0.2, 0) is 13.0 Å². The molecule has 0 saturated carbocycles. The number of carbonyl (C=O) groups is 1. The first-order valence-electron chi connectivity index (χ1n) is 7.71. The van der Waals surface area contributed by atoms with Crippen LogP contribution in [0.15, 0.2) is 42.9 Å². The Morgan fingerprint density at radius 3 is 2.83 bits per heavy atom. The first-order valence-corrected chi connectivity index (χ1v) is 8.08. The molecule has 0 saturated heterocycles. The Balaban J connectivity index is 1.93. The molecule has 0 N–H and O–H groups in total. The predicted octanol–water partition coefficient (Wildman–Crippen LogP) is 3.48. The Kier molecular flexibility index (Phi) is 4.71. The minimum absolute atomic E-state index is 0.140. The second-order valence-electron chi connectivity index (χ2n) is 5.58. The topological polar surface area (TPSA) is 60.7 Å². The number of halogens is 1. The molecule has 122 valence electrons. The molecule has 0 unspecified atom stereocenters. The average molecular weight is 341 g/mol. The molecule has 6 heteroatoms. The second kappa shape index (κ2) is 6.93. The molecule has 0 fully saturated rings. The molecule has 0 bridgehead atoms. The molecule has 0 aliphatic heterocycles. The van der Waals surface area contributed by atoms with Gasteiger partial charge in [-0.1, -0.05) is 48.4 Å². The smallest absolute Gasteiger partial charge is 0.217 e. The van der Waals surface area contributed by atoms with Crippen LogP contribution in [0, 0.1) is 6.92 Å². The Hall–Kier alpha value is -2.53. The molecule has 1 aromatic carbocycles. The Morgan fingerprint density at radius 2 is 2.12 bits per heavy atom. The van der Waals surface area contributed by atoms with Gasteiger partial charge in [0.1, 0.15) is 17.2 Å². The second-order valence-corrected chi connectivity index (χ2v) is 5.94. The minimum Gasteiger partial charge on any atom is -0.287 e. The highest BCUT2D eigenvalue weighted by atomic mass is 35.5. The van der Waals surface area contributed by atoms with Crippen molar-refractivity contribution >= 4 is 17.4 Å². The fraction of sp³-hybridized carbons (Fsp3) is 0.222. The van der Waals surface area contributed by atoms with Gasteiger partial charge in [0, 0.05) is 11.9 Å². The summed E-state index contributed by atoms with van der Waals surface area (Å²) in [6, 6.07) is 10.1. The molecule has 2 heterocycles. The van der Waals surface area contributed by atoms with E-state index in [2.05, 4.69) is 40.2 Å². The lowest BCUT2D eigenvalue weighted by molar-refractivity contribution is 0.103. The summed E-state index contributed by atoms with van der Waals surface area (Å²) in [6.07, 6.45) is 3.51. The molecule has 2 aromatic heterocycles. The van der Waals surface area contributed by atoms with E-state index >= 15 is 0 Å². The average Bonchev–Trinajstić information content (AvgIpc) is 2.97. The maximum absolute atomic E-state index is 12.6. The maximum atomic E-state index is 12.6. The third-order valence-corrected chi connectivity index (χ3v) is 4.08. The third-order valence-electron chi connectivity index (χ3n) is 3.78. The van der Waals surface area contributed by atoms with Gasteiger partial charge in [-0.3, -0.25) is 9.48 Å². The molecule has 24 heavy (non-hydrogen) atoms. The van der Waals surface area contributed by atoms with E-state index in [4.69, 9.17) is 11.6 Å². The quantitative estimate of drug-likeness (QED) is 0.527. The van der Waals surface area contributed by atoms with Crippen molar-refractivity contribution in [2.75, 3.05) is 0 Å². The third kappa shape index (κ3) is 3.36. The standard InChI is InChI=1S/C18H17ClN4O/c1-3-14-8-16(17(24)15-9-20-11-21-18(15)19)22-23(14)10-13-6-4-5-12(2)7-13/h4-9,11H,3,10H2,1-2H3.